The van der Waals surface area contributed by atoms with Crippen LogP contribution < -0.4 is 5.73 Å². The maximum absolute atomic E-state index is 12.5. The monoisotopic (exact) mass is 261 g/mol. The van der Waals surface area contributed by atoms with Crippen molar-refractivity contribution in [2.75, 3.05) is 38.5 Å². The van der Waals surface area contributed by atoms with Gasteiger partial charge in [0.25, 0.3) is 5.91 Å². The van der Waals surface area contributed by atoms with Crippen LogP contribution in [0.1, 0.15) is 29.3 Å². The zero-order valence-electron chi connectivity index (χ0n) is 11.9. The van der Waals surface area contributed by atoms with Crippen LogP contribution >= 0.6 is 0 Å². The van der Waals surface area contributed by atoms with Gasteiger partial charge in [-0.1, -0.05) is 18.6 Å². The predicted molar refractivity (Wildman–Crippen MR) is 78.2 cm³/mol. The van der Waals surface area contributed by atoms with Gasteiger partial charge >= 0.3 is 0 Å². The van der Waals surface area contributed by atoms with Crippen molar-refractivity contribution in [2.24, 2.45) is 0 Å². The second kappa shape index (κ2) is 6.06. The van der Waals surface area contributed by atoms with Crippen LogP contribution in [0.15, 0.2) is 18.2 Å². The molecule has 4 nitrogen and oxygen atoms in total. The minimum atomic E-state index is 0.0670. The molecule has 0 unspecified atom stereocenters. The summed E-state index contributed by atoms with van der Waals surface area (Å²) in [7, 11) is 0. The molecule has 1 saturated heterocycles. The normalized spacial score (nSPS) is 16.6. The van der Waals surface area contributed by atoms with Crippen LogP contribution in [0.25, 0.3) is 0 Å². The Hall–Kier alpha value is -1.55. The number of nitrogen functional groups attached to an aromatic ring is 1. The van der Waals surface area contributed by atoms with Crippen LogP contribution in [0.3, 0.4) is 0 Å². The number of benzene rings is 1. The number of hydrogen-bond acceptors (Lipinski definition) is 3. The number of nitrogens with two attached hydrogens (primary N) is 1. The van der Waals surface area contributed by atoms with E-state index in [1.807, 2.05) is 30.0 Å². The number of rotatable bonds is 3. The van der Waals surface area contributed by atoms with E-state index in [2.05, 4.69) is 11.8 Å². The van der Waals surface area contributed by atoms with Crippen LogP contribution in [0, 0.1) is 6.92 Å². The molecule has 4 heteroatoms. The van der Waals surface area contributed by atoms with Gasteiger partial charge < -0.3 is 10.6 Å². The van der Waals surface area contributed by atoms with E-state index in [0.717, 1.165) is 38.3 Å². The molecule has 0 spiro atoms. The fraction of sp³-hybridized carbons (Fsp3) is 0.533. The highest BCUT2D eigenvalue weighted by Gasteiger charge is 2.22. The number of carbonyl (C=O) groups is 1. The van der Waals surface area contributed by atoms with Gasteiger partial charge in [0.15, 0.2) is 0 Å². The lowest BCUT2D eigenvalue weighted by molar-refractivity contribution is 0.0638. The number of hydrogen-bond donors (Lipinski definition) is 1. The average molecular weight is 261 g/mol. The Kier molecular flexibility index (Phi) is 4.43. The molecule has 1 heterocycles. The Balaban J connectivity index is 2.03. The fourth-order valence-corrected chi connectivity index (χ4v) is 2.52. The molecule has 0 saturated carbocycles. The highest BCUT2D eigenvalue weighted by molar-refractivity contribution is 5.99. The lowest BCUT2D eigenvalue weighted by Gasteiger charge is -2.34. The summed E-state index contributed by atoms with van der Waals surface area (Å²) in [5, 5.41) is 0. The predicted octanol–water partition coefficient (Wildman–Crippen LogP) is 1.75. The topological polar surface area (TPSA) is 49.6 Å². The van der Waals surface area contributed by atoms with Crippen molar-refractivity contribution < 1.29 is 4.79 Å². The van der Waals surface area contributed by atoms with Gasteiger partial charge in [-0.3, -0.25) is 9.69 Å². The number of piperazine rings is 1. The standard InChI is InChI=1S/C15H23N3O/c1-3-6-17-7-9-18(10-8-17)15(19)13-11-12(2)4-5-14(13)16/h4-5,11H,3,6-10,16H2,1-2H3. The summed E-state index contributed by atoms with van der Waals surface area (Å²) in [5.41, 5.74) is 8.20. The molecule has 1 aromatic carbocycles. The largest absolute Gasteiger partial charge is 0.398 e. The Morgan fingerprint density at radius 3 is 2.58 bits per heavy atom. The highest BCUT2D eigenvalue weighted by Crippen LogP contribution is 2.17. The molecule has 1 aliphatic heterocycles. The van der Waals surface area contributed by atoms with E-state index in [9.17, 15) is 4.79 Å². The summed E-state index contributed by atoms with van der Waals surface area (Å²) in [4.78, 5) is 16.8. The van der Waals surface area contributed by atoms with Gasteiger partial charge in [0.05, 0.1) is 5.56 Å². The Morgan fingerprint density at radius 2 is 1.95 bits per heavy atom. The van der Waals surface area contributed by atoms with Crippen molar-refractivity contribution in [3.63, 3.8) is 0 Å². The molecule has 19 heavy (non-hydrogen) atoms. The van der Waals surface area contributed by atoms with Crippen molar-refractivity contribution in [1.82, 2.24) is 9.80 Å². The molecule has 1 aliphatic rings. The molecule has 0 aliphatic carbocycles. The molecule has 1 amide bonds. The molecular formula is C15H23N3O. The molecule has 2 rings (SSSR count). The number of anilines is 1. The van der Waals surface area contributed by atoms with Gasteiger partial charge in [0, 0.05) is 31.9 Å². The molecule has 0 aromatic heterocycles. The maximum atomic E-state index is 12.5. The van der Waals surface area contributed by atoms with E-state index >= 15 is 0 Å². The molecule has 104 valence electrons. The van der Waals surface area contributed by atoms with E-state index in [0.29, 0.717) is 11.3 Å². The first-order valence-corrected chi connectivity index (χ1v) is 6.99. The number of aryl methyl sites for hydroxylation is 1. The summed E-state index contributed by atoms with van der Waals surface area (Å²) in [6.07, 6.45) is 1.17. The third-order valence-electron chi connectivity index (χ3n) is 3.64. The summed E-state index contributed by atoms with van der Waals surface area (Å²) < 4.78 is 0. The molecule has 1 fully saturated rings. The summed E-state index contributed by atoms with van der Waals surface area (Å²) in [6.45, 7) is 8.81. The Labute approximate surface area is 115 Å². The second-order valence-corrected chi connectivity index (χ2v) is 5.22. The number of amides is 1. The van der Waals surface area contributed by atoms with Crippen molar-refractivity contribution in [3.8, 4) is 0 Å². The fourth-order valence-electron chi connectivity index (χ4n) is 2.52. The SMILES string of the molecule is CCCN1CCN(C(=O)c2cc(C)ccc2N)CC1. The van der Waals surface area contributed by atoms with Crippen molar-refractivity contribution in [1.29, 1.82) is 0 Å². The molecular weight excluding hydrogens is 238 g/mol. The third kappa shape index (κ3) is 3.26. The summed E-state index contributed by atoms with van der Waals surface area (Å²) in [5.74, 6) is 0.0670. The van der Waals surface area contributed by atoms with E-state index < -0.39 is 0 Å². The molecule has 2 N–H and O–H groups in total. The van der Waals surface area contributed by atoms with E-state index in [4.69, 9.17) is 5.73 Å². The first kappa shape index (κ1) is 13.9. The van der Waals surface area contributed by atoms with Gasteiger partial charge in [-0.25, -0.2) is 0 Å². The van der Waals surface area contributed by atoms with Crippen LogP contribution in [-0.2, 0) is 0 Å². The zero-order valence-corrected chi connectivity index (χ0v) is 11.9. The average Bonchev–Trinajstić information content (AvgIpc) is 2.42. The van der Waals surface area contributed by atoms with E-state index in [-0.39, 0.29) is 5.91 Å². The highest BCUT2D eigenvalue weighted by atomic mass is 16.2. The summed E-state index contributed by atoms with van der Waals surface area (Å²) in [6, 6.07) is 5.64. The lowest BCUT2D eigenvalue weighted by atomic mass is 10.1. The molecule has 1 aromatic rings. The van der Waals surface area contributed by atoms with Gasteiger partial charge in [0.1, 0.15) is 0 Å². The van der Waals surface area contributed by atoms with E-state index in [1.165, 1.54) is 6.42 Å². The number of nitrogens with zero attached hydrogens (tertiary/aromatic N) is 2. The third-order valence-corrected chi connectivity index (χ3v) is 3.64. The molecule has 0 bridgehead atoms. The lowest BCUT2D eigenvalue weighted by Crippen LogP contribution is -2.48. The van der Waals surface area contributed by atoms with Crippen LogP contribution in [0.4, 0.5) is 5.69 Å². The van der Waals surface area contributed by atoms with Crippen molar-refractivity contribution >= 4 is 11.6 Å². The minimum absolute atomic E-state index is 0.0670. The Morgan fingerprint density at radius 1 is 1.26 bits per heavy atom. The molecule has 0 atom stereocenters. The van der Waals surface area contributed by atoms with Gasteiger partial charge in [-0.15, -0.1) is 0 Å². The van der Waals surface area contributed by atoms with Gasteiger partial charge in [-0.2, -0.15) is 0 Å². The Bertz CT molecular complexity index is 451. The van der Waals surface area contributed by atoms with Crippen LogP contribution in [-0.4, -0.2) is 48.4 Å². The van der Waals surface area contributed by atoms with Crippen LogP contribution in [0.5, 0.6) is 0 Å². The smallest absolute Gasteiger partial charge is 0.256 e. The summed E-state index contributed by atoms with van der Waals surface area (Å²) >= 11 is 0. The van der Waals surface area contributed by atoms with E-state index in [1.54, 1.807) is 0 Å². The number of carbonyl (C=O) groups excluding carboxylic acids is 1. The van der Waals surface area contributed by atoms with Gasteiger partial charge in [-0.05, 0) is 32.0 Å². The van der Waals surface area contributed by atoms with Gasteiger partial charge in [0.2, 0.25) is 0 Å². The zero-order chi connectivity index (χ0) is 13.8. The van der Waals surface area contributed by atoms with Crippen molar-refractivity contribution in [2.45, 2.75) is 20.3 Å². The molecule has 0 radical (unpaired) electrons. The first-order chi connectivity index (χ1) is 9.11. The first-order valence-electron chi connectivity index (χ1n) is 6.99. The quantitative estimate of drug-likeness (QED) is 0.843. The minimum Gasteiger partial charge on any atom is -0.398 e. The second-order valence-electron chi connectivity index (χ2n) is 5.22. The van der Waals surface area contributed by atoms with Crippen molar-refractivity contribution in [3.05, 3.63) is 29.3 Å². The van der Waals surface area contributed by atoms with Crippen LogP contribution in [0.2, 0.25) is 0 Å². The maximum Gasteiger partial charge on any atom is 0.256 e.